The topological polar surface area (TPSA) is 9.23 Å². The molecule has 1 spiro atoms. The van der Waals surface area contributed by atoms with E-state index >= 15 is 0 Å². The van der Waals surface area contributed by atoms with Gasteiger partial charge in [0.2, 0.25) is 0 Å². The van der Waals surface area contributed by atoms with Gasteiger partial charge in [0.05, 0.1) is 12.2 Å². The first-order valence-corrected chi connectivity index (χ1v) is 6.02. The number of hydrogen-bond acceptors (Lipinski definition) is 1. The van der Waals surface area contributed by atoms with Crippen LogP contribution >= 0.6 is 0 Å². The maximum atomic E-state index is 6.19. The van der Waals surface area contributed by atoms with Crippen LogP contribution in [0.1, 0.15) is 51.4 Å². The summed E-state index contributed by atoms with van der Waals surface area (Å²) < 4.78 is 6.19. The van der Waals surface area contributed by atoms with E-state index in [4.69, 9.17) is 4.74 Å². The van der Waals surface area contributed by atoms with E-state index in [9.17, 15) is 0 Å². The quantitative estimate of drug-likeness (QED) is 0.556. The Morgan fingerprint density at radius 2 is 1.77 bits per heavy atom. The molecular weight excluding hydrogens is 160 g/mol. The van der Waals surface area contributed by atoms with Crippen molar-refractivity contribution in [2.75, 3.05) is 6.61 Å². The summed E-state index contributed by atoms with van der Waals surface area (Å²) in [4.78, 5) is 0. The smallest absolute Gasteiger partial charge is 0.0682 e. The van der Waals surface area contributed by atoms with Crippen LogP contribution in [0.5, 0.6) is 0 Å². The monoisotopic (exact) mass is 180 g/mol. The summed E-state index contributed by atoms with van der Waals surface area (Å²) in [6.45, 7) is 1.09. The molecule has 1 saturated heterocycles. The van der Waals surface area contributed by atoms with Crippen molar-refractivity contribution < 1.29 is 4.74 Å². The van der Waals surface area contributed by atoms with Crippen molar-refractivity contribution in [1.29, 1.82) is 0 Å². The lowest BCUT2D eigenvalue weighted by molar-refractivity contribution is -0.0735. The number of ether oxygens (including phenoxy) is 1. The summed E-state index contributed by atoms with van der Waals surface area (Å²) in [5.41, 5.74) is 0.353. The highest BCUT2D eigenvalue weighted by Crippen LogP contribution is 2.49. The fourth-order valence-corrected chi connectivity index (χ4v) is 3.26. The second kappa shape index (κ2) is 2.98. The number of rotatable bonds is 0. The van der Waals surface area contributed by atoms with Gasteiger partial charge in [-0.1, -0.05) is 19.3 Å². The first kappa shape index (κ1) is 8.28. The molecule has 2 aliphatic carbocycles. The van der Waals surface area contributed by atoms with E-state index in [1.54, 1.807) is 0 Å². The Labute approximate surface area is 80.8 Å². The summed E-state index contributed by atoms with van der Waals surface area (Å²) in [5, 5.41) is 0. The van der Waals surface area contributed by atoms with Crippen LogP contribution in [0.3, 0.4) is 0 Å². The molecule has 3 aliphatic rings. The van der Waals surface area contributed by atoms with Gasteiger partial charge in [0.15, 0.2) is 0 Å². The SMILES string of the molecule is C1CCC2(CC1)CCC1CC1CO2. The second-order valence-corrected chi connectivity index (χ2v) is 5.35. The number of hydrogen-bond donors (Lipinski definition) is 0. The van der Waals surface area contributed by atoms with Crippen molar-refractivity contribution in [2.24, 2.45) is 11.8 Å². The van der Waals surface area contributed by atoms with Crippen molar-refractivity contribution in [3.05, 3.63) is 0 Å². The summed E-state index contributed by atoms with van der Waals surface area (Å²) in [6, 6.07) is 0. The number of fused-ring (bicyclic) bond motifs is 1. The largest absolute Gasteiger partial charge is 0.375 e. The van der Waals surface area contributed by atoms with Gasteiger partial charge in [-0.15, -0.1) is 0 Å². The molecule has 2 saturated carbocycles. The lowest BCUT2D eigenvalue weighted by Gasteiger charge is -2.36. The maximum Gasteiger partial charge on any atom is 0.0682 e. The molecule has 1 aliphatic heterocycles. The van der Waals surface area contributed by atoms with Gasteiger partial charge in [0, 0.05) is 0 Å². The Kier molecular flexibility index (Phi) is 1.90. The zero-order valence-corrected chi connectivity index (χ0v) is 8.43. The highest BCUT2D eigenvalue weighted by Gasteiger charge is 2.45. The Hall–Kier alpha value is -0.0400. The third-order valence-corrected chi connectivity index (χ3v) is 4.41. The Bertz CT molecular complexity index is 179. The molecule has 1 nitrogen and oxygen atoms in total. The van der Waals surface area contributed by atoms with Crippen LogP contribution in [0, 0.1) is 11.8 Å². The molecule has 2 atom stereocenters. The molecular formula is C12H20O. The molecule has 0 amide bonds. The zero-order chi connectivity index (χ0) is 8.73. The molecule has 3 fully saturated rings. The average molecular weight is 180 g/mol. The molecule has 13 heavy (non-hydrogen) atoms. The first-order valence-electron chi connectivity index (χ1n) is 6.02. The normalized spacial score (nSPS) is 42.5. The third kappa shape index (κ3) is 1.52. The molecule has 0 N–H and O–H groups in total. The minimum absolute atomic E-state index is 0.353. The van der Waals surface area contributed by atoms with Crippen molar-refractivity contribution >= 4 is 0 Å². The fraction of sp³-hybridized carbons (Fsp3) is 1.00. The average Bonchev–Trinajstić information content (AvgIpc) is 2.92. The van der Waals surface area contributed by atoms with Crippen molar-refractivity contribution in [3.8, 4) is 0 Å². The van der Waals surface area contributed by atoms with Crippen LogP contribution in [-0.4, -0.2) is 12.2 Å². The molecule has 74 valence electrons. The molecule has 2 unspecified atom stereocenters. The highest BCUT2D eigenvalue weighted by atomic mass is 16.5. The third-order valence-electron chi connectivity index (χ3n) is 4.41. The summed E-state index contributed by atoms with van der Waals surface area (Å²) in [7, 11) is 0. The fourth-order valence-electron chi connectivity index (χ4n) is 3.26. The van der Waals surface area contributed by atoms with E-state index < -0.39 is 0 Å². The van der Waals surface area contributed by atoms with E-state index in [0.29, 0.717) is 5.60 Å². The summed E-state index contributed by atoms with van der Waals surface area (Å²) in [6.07, 6.45) is 11.3. The van der Waals surface area contributed by atoms with E-state index in [-0.39, 0.29) is 0 Å². The Morgan fingerprint density at radius 1 is 0.923 bits per heavy atom. The molecule has 0 aromatic heterocycles. The van der Waals surface area contributed by atoms with Gasteiger partial charge < -0.3 is 4.74 Å². The van der Waals surface area contributed by atoms with Crippen molar-refractivity contribution in [2.45, 2.75) is 57.0 Å². The molecule has 0 bridgehead atoms. The first-order chi connectivity index (χ1) is 6.38. The van der Waals surface area contributed by atoms with Gasteiger partial charge in [0.25, 0.3) is 0 Å². The Morgan fingerprint density at radius 3 is 2.62 bits per heavy atom. The zero-order valence-electron chi connectivity index (χ0n) is 8.43. The Balaban J connectivity index is 1.68. The summed E-state index contributed by atoms with van der Waals surface area (Å²) in [5.74, 6) is 2.02. The second-order valence-electron chi connectivity index (χ2n) is 5.35. The van der Waals surface area contributed by atoms with Gasteiger partial charge >= 0.3 is 0 Å². The van der Waals surface area contributed by atoms with Gasteiger partial charge in [-0.25, -0.2) is 0 Å². The minimum atomic E-state index is 0.353. The molecule has 0 radical (unpaired) electrons. The van der Waals surface area contributed by atoms with Crippen molar-refractivity contribution in [3.63, 3.8) is 0 Å². The maximum absolute atomic E-state index is 6.19. The van der Waals surface area contributed by atoms with E-state index in [1.165, 1.54) is 51.4 Å². The predicted octanol–water partition coefficient (Wildman–Crippen LogP) is 3.14. The van der Waals surface area contributed by atoms with Gasteiger partial charge in [-0.3, -0.25) is 0 Å². The predicted molar refractivity (Wildman–Crippen MR) is 52.6 cm³/mol. The molecule has 3 rings (SSSR count). The van der Waals surface area contributed by atoms with Crippen LogP contribution in [0.15, 0.2) is 0 Å². The van der Waals surface area contributed by atoms with E-state index in [2.05, 4.69) is 0 Å². The molecule has 1 heteroatoms. The van der Waals surface area contributed by atoms with Gasteiger partial charge in [-0.2, -0.15) is 0 Å². The van der Waals surface area contributed by atoms with Crippen LogP contribution in [0.2, 0.25) is 0 Å². The highest BCUT2D eigenvalue weighted by molar-refractivity contribution is 4.95. The lowest BCUT2D eigenvalue weighted by atomic mass is 9.81. The summed E-state index contributed by atoms with van der Waals surface area (Å²) >= 11 is 0. The molecule has 0 aromatic rings. The van der Waals surface area contributed by atoms with Crippen LogP contribution in [0.4, 0.5) is 0 Å². The molecule has 1 heterocycles. The lowest BCUT2D eigenvalue weighted by Crippen LogP contribution is -2.34. The van der Waals surface area contributed by atoms with Gasteiger partial charge in [-0.05, 0) is 43.9 Å². The van der Waals surface area contributed by atoms with Gasteiger partial charge in [0.1, 0.15) is 0 Å². The van der Waals surface area contributed by atoms with Crippen LogP contribution < -0.4 is 0 Å². The minimum Gasteiger partial charge on any atom is -0.375 e. The van der Waals surface area contributed by atoms with Crippen LogP contribution in [-0.2, 0) is 4.74 Å². The van der Waals surface area contributed by atoms with E-state index in [1.807, 2.05) is 0 Å². The molecule has 0 aromatic carbocycles. The standard InChI is InChI=1S/C12H20O/c1-2-5-12(6-3-1)7-4-10-8-11(10)9-13-12/h10-11H,1-9H2. The van der Waals surface area contributed by atoms with Crippen LogP contribution in [0.25, 0.3) is 0 Å². The van der Waals surface area contributed by atoms with E-state index in [0.717, 1.165) is 18.4 Å². The van der Waals surface area contributed by atoms with Crippen molar-refractivity contribution in [1.82, 2.24) is 0 Å².